The summed E-state index contributed by atoms with van der Waals surface area (Å²) >= 11 is 0. The van der Waals surface area contributed by atoms with E-state index in [-0.39, 0.29) is 5.91 Å². The fraction of sp³-hybridized carbons (Fsp3) is 0.346. The lowest BCUT2D eigenvalue weighted by molar-refractivity contribution is 0.0732. The maximum absolute atomic E-state index is 13.0. The Bertz CT molecular complexity index is 1090. The Morgan fingerprint density at radius 2 is 2.09 bits per heavy atom. The Labute approximate surface area is 187 Å². The van der Waals surface area contributed by atoms with Gasteiger partial charge >= 0.3 is 0 Å². The molecule has 2 aliphatic heterocycles. The van der Waals surface area contributed by atoms with Crippen molar-refractivity contribution in [3.05, 3.63) is 71.7 Å². The molecule has 0 saturated carbocycles. The van der Waals surface area contributed by atoms with Gasteiger partial charge in [0.2, 0.25) is 0 Å². The predicted molar refractivity (Wildman–Crippen MR) is 120 cm³/mol. The van der Waals surface area contributed by atoms with Crippen molar-refractivity contribution in [3.63, 3.8) is 0 Å². The van der Waals surface area contributed by atoms with Gasteiger partial charge in [-0.2, -0.15) is 0 Å². The van der Waals surface area contributed by atoms with Gasteiger partial charge in [0.1, 0.15) is 12.9 Å². The lowest BCUT2D eigenvalue weighted by atomic mass is 9.97. The van der Waals surface area contributed by atoms with Crippen molar-refractivity contribution in [2.24, 2.45) is 5.92 Å². The van der Waals surface area contributed by atoms with E-state index < -0.39 is 0 Å². The lowest BCUT2D eigenvalue weighted by Gasteiger charge is -2.20. The molecule has 0 spiro atoms. The molecule has 32 heavy (non-hydrogen) atoms. The molecule has 1 atom stereocenters. The zero-order chi connectivity index (χ0) is 21.9. The van der Waals surface area contributed by atoms with Gasteiger partial charge in [0.25, 0.3) is 5.91 Å². The minimum atomic E-state index is -0.0675. The second-order valence-corrected chi connectivity index (χ2v) is 8.41. The Morgan fingerprint density at radius 3 is 2.88 bits per heavy atom. The van der Waals surface area contributed by atoms with Gasteiger partial charge in [-0.05, 0) is 48.2 Å². The predicted octanol–water partition coefficient (Wildman–Crippen LogP) is 4.71. The van der Waals surface area contributed by atoms with Crippen molar-refractivity contribution in [1.29, 1.82) is 0 Å². The van der Waals surface area contributed by atoms with Crippen LogP contribution in [-0.2, 0) is 11.3 Å². The molecule has 2 aromatic carbocycles. The van der Waals surface area contributed by atoms with Crippen LogP contribution in [-0.4, -0.2) is 43.8 Å². The minimum absolute atomic E-state index is 0.0675. The van der Waals surface area contributed by atoms with Gasteiger partial charge in [-0.15, -0.1) is 0 Å². The van der Waals surface area contributed by atoms with Crippen LogP contribution in [0.2, 0.25) is 0 Å². The number of hydrogen-bond donors (Lipinski definition) is 0. The molecule has 1 fully saturated rings. The first-order chi connectivity index (χ1) is 15.7. The number of ether oxygens (including phenoxy) is 3. The Morgan fingerprint density at radius 1 is 1.19 bits per heavy atom. The molecule has 0 N–H and O–H groups in total. The molecule has 166 valence electrons. The Balaban J connectivity index is 1.50. The number of nitrogens with zero attached hydrogens (tertiary/aromatic N) is 1. The molecule has 0 radical (unpaired) electrons. The van der Waals surface area contributed by atoms with Crippen LogP contribution in [0.5, 0.6) is 11.5 Å². The molecule has 1 saturated heterocycles. The highest BCUT2D eigenvalue weighted by molar-refractivity contribution is 5.94. The Hall–Kier alpha value is -3.25. The summed E-state index contributed by atoms with van der Waals surface area (Å²) < 4.78 is 23.0. The van der Waals surface area contributed by atoms with Crippen molar-refractivity contribution >= 4 is 5.91 Å². The van der Waals surface area contributed by atoms with E-state index in [1.54, 1.807) is 11.0 Å². The van der Waals surface area contributed by atoms with E-state index in [1.165, 1.54) is 18.1 Å². The van der Waals surface area contributed by atoms with Crippen molar-refractivity contribution in [1.82, 2.24) is 4.90 Å². The van der Waals surface area contributed by atoms with E-state index in [0.717, 1.165) is 47.8 Å². The van der Waals surface area contributed by atoms with Gasteiger partial charge in [0, 0.05) is 24.6 Å². The first-order valence-corrected chi connectivity index (χ1v) is 11.1. The first kappa shape index (κ1) is 20.6. The van der Waals surface area contributed by atoms with Crippen LogP contribution in [0.4, 0.5) is 0 Å². The van der Waals surface area contributed by atoms with Gasteiger partial charge in [-0.25, -0.2) is 0 Å². The normalized spacial score (nSPS) is 18.0. The van der Waals surface area contributed by atoms with E-state index in [0.29, 0.717) is 37.8 Å². The number of carbonyl (C=O) groups excluding carboxylic acids is 1. The number of aryl methyl sites for hydroxylation is 1. The quantitative estimate of drug-likeness (QED) is 0.583. The summed E-state index contributed by atoms with van der Waals surface area (Å²) in [5.74, 6) is 1.77. The second kappa shape index (κ2) is 9.09. The highest BCUT2D eigenvalue weighted by atomic mass is 16.5. The van der Waals surface area contributed by atoms with E-state index in [2.05, 4.69) is 31.2 Å². The number of amides is 1. The number of carbonyl (C=O) groups is 1. The number of benzene rings is 2. The maximum atomic E-state index is 13.0. The molecule has 2 aliphatic rings. The fourth-order valence-electron chi connectivity index (χ4n) is 4.31. The minimum Gasteiger partial charge on any atom is -0.489 e. The monoisotopic (exact) mass is 433 g/mol. The van der Waals surface area contributed by atoms with Gasteiger partial charge in [-0.1, -0.05) is 24.3 Å². The zero-order valence-electron chi connectivity index (χ0n) is 18.2. The average molecular weight is 434 g/mol. The van der Waals surface area contributed by atoms with E-state index in [4.69, 9.17) is 18.6 Å². The summed E-state index contributed by atoms with van der Waals surface area (Å²) in [6.45, 7) is 5.55. The van der Waals surface area contributed by atoms with Crippen LogP contribution in [0.15, 0.2) is 59.4 Å². The van der Waals surface area contributed by atoms with Gasteiger partial charge in [0.05, 0.1) is 31.6 Å². The van der Waals surface area contributed by atoms with E-state index in [9.17, 15) is 4.79 Å². The molecule has 3 heterocycles. The standard InChI is InChI=1S/C26H27NO5/c1-18-4-2-3-5-23(18)21-12-22-14-27(26(28)20-7-10-30-17-20)8-11-31-25(22)24(13-21)32-16-19-6-9-29-15-19/h2-5,7,10,12-13,17,19H,6,8-9,11,14-16H2,1H3. The molecular formula is C26H27NO5. The summed E-state index contributed by atoms with van der Waals surface area (Å²) in [4.78, 5) is 14.8. The summed E-state index contributed by atoms with van der Waals surface area (Å²) in [5.41, 5.74) is 4.87. The van der Waals surface area contributed by atoms with Crippen LogP contribution in [0.3, 0.4) is 0 Å². The van der Waals surface area contributed by atoms with Crippen molar-refractivity contribution < 1.29 is 23.4 Å². The third-order valence-corrected chi connectivity index (χ3v) is 6.11. The summed E-state index contributed by atoms with van der Waals surface area (Å²) in [7, 11) is 0. The summed E-state index contributed by atoms with van der Waals surface area (Å²) in [6, 6.07) is 14.1. The third-order valence-electron chi connectivity index (χ3n) is 6.11. The van der Waals surface area contributed by atoms with Crippen LogP contribution in [0.25, 0.3) is 11.1 Å². The van der Waals surface area contributed by atoms with Crippen molar-refractivity contribution in [2.45, 2.75) is 19.9 Å². The number of fused-ring (bicyclic) bond motifs is 1. The van der Waals surface area contributed by atoms with E-state index >= 15 is 0 Å². The highest BCUT2D eigenvalue weighted by Gasteiger charge is 2.26. The average Bonchev–Trinajstić information content (AvgIpc) is 3.48. The largest absolute Gasteiger partial charge is 0.489 e. The number of furan rings is 1. The maximum Gasteiger partial charge on any atom is 0.257 e. The van der Waals surface area contributed by atoms with Gasteiger partial charge < -0.3 is 23.5 Å². The lowest BCUT2D eigenvalue weighted by Crippen LogP contribution is -2.32. The first-order valence-electron chi connectivity index (χ1n) is 11.1. The van der Waals surface area contributed by atoms with E-state index in [1.807, 2.05) is 12.1 Å². The SMILES string of the molecule is Cc1ccccc1-c1cc2c(c(OCC3CCOC3)c1)OCCN(C(=O)c1ccoc1)C2. The van der Waals surface area contributed by atoms with Crippen LogP contribution in [0.1, 0.15) is 27.9 Å². The molecule has 3 aromatic rings. The third kappa shape index (κ3) is 4.23. The molecule has 1 unspecified atom stereocenters. The Kier molecular flexibility index (Phi) is 5.86. The number of hydrogen-bond acceptors (Lipinski definition) is 5. The fourth-order valence-corrected chi connectivity index (χ4v) is 4.31. The van der Waals surface area contributed by atoms with Gasteiger partial charge in [-0.3, -0.25) is 4.79 Å². The topological polar surface area (TPSA) is 61.1 Å². The molecule has 0 aliphatic carbocycles. The molecule has 0 bridgehead atoms. The van der Waals surface area contributed by atoms with Crippen LogP contribution in [0, 0.1) is 12.8 Å². The van der Waals surface area contributed by atoms with Crippen molar-refractivity contribution in [2.75, 3.05) is 33.0 Å². The number of rotatable bonds is 5. The highest BCUT2D eigenvalue weighted by Crippen LogP contribution is 2.40. The smallest absolute Gasteiger partial charge is 0.257 e. The molecule has 6 nitrogen and oxygen atoms in total. The van der Waals surface area contributed by atoms with Crippen LogP contribution < -0.4 is 9.47 Å². The van der Waals surface area contributed by atoms with Gasteiger partial charge in [0.15, 0.2) is 11.5 Å². The molecule has 1 aromatic heterocycles. The molecule has 5 rings (SSSR count). The molecule has 6 heteroatoms. The van der Waals surface area contributed by atoms with Crippen molar-refractivity contribution in [3.8, 4) is 22.6 Å². The summed E-state index contributed by atoms with van der Waals surface area (Å²) in [6.07, 6.45) is 4.01. The molecular weight excluding hydrogens is 406 g/mol. The van der Waals surface area contributed by atoms with Crippen LogP contribution >= 0.6 is 0 Å². The zero-order valence-corrected chi connectivity index (χ0v) is 18.2. The molecule has 1 amide bonds. The second-order valence-electron chi connectivity index (χ2n) is 8.41. The summed E-state index contributed by atoms with van der Waals surface area (Å²) in [5, 5.41) is 0.